The van der Waals surface area contributed by atoms with Crippen LogP contribution in [0.4, 0.5) is 17.3 Å². The molecule has 1 heterocycles. The van der Waals surface area contributed by atoms with Crippen molar-refractivity contribution in [1.82, 2.24) is 4.98 Å². The van der Waals surface area contributed by atoms with E-state index in [-0.39, 0.29) is 10.6 Å². The molecule has 1 saturated carbocycles. The van der Waals surface area contributed by atoms with Crippen molar-refractivity contribution in [1.29, 1.82) is 0 Å². The number of hydrogen-bond donors (Lipinski definition) is 1. The van der Waals surface area contributed by atoms with Gasteiger partial charge in [-0.2, -0.15) is 0 Å². The van der Waals surface area contributed by atoms with E-state index in [4.69, 9.17) is 0 Å². The van der Waals surface area contributed by atoms with Gasteiger partial charge in [-0.15, -0.1) is 0 Å². The number of nitrogens with zero attached hydrogens (tertiary/aromatic N) is 3. The maximum atomic E-state index is 11.0. The van der Waals surface area contributed by atoms with Crippen LogP contribution in [-0.4, -0.2) is 30.0 Å². The quantitative estimate of drug-likeness (QED) is 0.668. The van der Waals surface area contributed by atoms with Gasteiger partial charge in [-0.1, -0.05) is 19.3 Å². The van der Waals surface area contributed by atoms with Crippen LogP contribution >= 0.6 is 0 Å². The SMILES string of the molecule is CNc1cc([N+](=O)[O-])cc(N(C)C2CCCCC2)n1. The van der Waals surface area contributed by atoms with Gasteiger partial charge in [0.15, 0.2) is 0 Å². The molecule has 104 valence electrons. The maximum Gasteiger partial charge on any atom is 0.276 e. The first-order valence-corrected chi connectivity index (χ1v) is 6.69. The molecule has 0 atom stereocenters. The fraction of sp³-hybridized carbons (Fsp3) is 0.615. The Bertz CT molecular complexity index is 458. The largest absolute Gasteiger partial charge is 0.373 e. The Kier molecular flexibility index (Phi) is 4.19. The topological polar surface area (TPSA) is 71.3 Å². The molecule has 0 bridgehead atoms. The summed E-state index contributed by atoms with van der Waals surface area (Å²) in [5.74, 6) is 1.21. The van der Waals surface area contributed by atoms with Crippen LogP contribution in [0.1, 0.15) is 32.1 Å². The number of hydrogen-bond acceptors (Lipinski definition) is 5. The minimum Gasteiger partial charge on any atom is -0.373 e. The van der Waals surface area contributed by atoms with Gasteiger partial charge >= 0.3 is 0 Å². The summed E-state index contributed by atoms with van der Waals surface area (Å²) in [4.78, 5) is 17.1. The Morgan fingerprint density at radius 1 is 1.37 bits per heavy atom. The molecule has 0 spiro atoms. The number of nitro groups is 1. The molecule has 1 aliphatic carbocycles. The second-order valence-electron chi connectivity index (χ2n) is 4.98. The monoisotopic (exact) mass is 264 g/mol. The number of rotatable bonds is 4. The van der Waals surface area contributed by atoms with Gasteiger partial charge in [0.1, 0.15) is 11.6 Å². The number of aromatic nitrogens is 1. The summed E-state index contributed by atoms with van der Waals surface area (Å²) in [7, 11) is 3.69. The second kappa shape index (κ2) is 5.86. The third kappa shape index (κ3) is 3.13. The molecule has 6 nitrogen and oxygen atoms in total. The molecule has 1 aromatic rings. The first-order valence-electron chi connectivity index (χ1n) is 6.69. The van der Waals surface area contributed by atoms with Crippen molar-refractivity contribution in [2.45, 2.75) is 38.1 Å². The van der Waals surface area contributed by atoms with Gasteiger partial charge in [0.25, 0.3) is 5.69 Å². The molecule has 6 heteroatoms. The van der Waals surface area contributed by atoms with E-state index >= 15 is 0 Å². The summed E-state index contributed by atoms with van der Waals surface area (Å²) in [6.45, 7) is 0. The molecule has 1 aromatic heterocycles. The molecule has 0 aromatic carbocycles. The van der Waals surface area contributed by atoms with Crippen molar-refractivity contribution in [2.24, 2.45) is 0 Å². The van der Waals surface area contributed by atoms with E-state index in [1.165, 1.54) is 25.3 Å². The van der Waals surface area contributed by atoms with Crippen LogP contribution in [0.2, 0.25) is 0 Å². The van der Waals surface area contributed by atoms with Gasteiger partial charge in [-0.25, -0.2) is 4.98 Å². The van der Waals surface area contributed by atoms with Crippen LogP contribution in [0, 0.1) is 10.1 Å². The molecule has 2 rings (SSSR count). The molecular formula is C13H20N4O2. The Morgan fingerprint density at radius 3 is 2.63 bits per heavy atom. The van der Waals surface area contributed by atoms with E-state index in [1.807, 2.05) is 7.05 Å². The number of pyridine rings is 1. The summed E-state index contributed by atoms with van der Waals surface area (Å²) in [5, 5.41) is 13.8. The molecule has 0 unspecified atom stereocenters. The van der Waals surface area contributed by atoms with Crippen LogP contribution in [0.15, 0.2) is 12.1 Å². The lowest BCUT2D eigenvalue weighted by molar-refractivity contribution is -0.384. The van der Waals surface area contributed by atoms with E-state index in [0.717, 1.165) is 12.8 Å². The van der Waals surface area contributed by atoms with Gasteiger partial charge in [-0.05, 0) is 12.8 Å². The minimum atomic E-state index is -0.374. The van der Waals surface area contributed by atoms with Crippen molar-refractivity contribution >= 4 is 17.3 Å². The lowest BCUT2D eigenvalue weighted by Gasteiger charge is -2.32. The lowest BCUT2D eigenvalue weighted by Crippen LogP contribution is -2.34. The zero-order valence-corrected chi connectivity index (χ0v) is 11.4. The van der Waals surface area contributed by atoms with Crippen LogP contribution < -0.4 is 10.2 Å². The fourth-order valence-electron chi connectivity index (χ4n) is 2.57. The zero-order valence-electron chi connectivity index (χ0n) is 11.4. The van der Waals surface area contributed by atoms with Crippen molar-refractivity contribution in [3.05, 3.63) is 22.2 Å². The summed E-state index contributed by atoms with van der Waals surface area (Å²) in [6.07, 6.45) is 6.01. The zero-order chi connectivity index (χ0) is 13.8. The highest BCUT2D eigenvalue weighted by molar-refractivity contribution is 5.55. The van der Waals surface area contributed by atoms with Crippen LogP contribution in [0.3, 0.4) is 0 Å². The molecule has 0 radical (unpaired) electrons. The van der Waals surface area contributed by atoms with Gasteiger partial charge in [0, 0.05) is 20.1 Å². The highest BCUT2D eigenvalue weighted by Gasteiger charge is 2.21. The minimum absolute atomic E-state index is 0.0806. The predicted octanol–water partition coefficient (Wildman–Crippen LogP) is 2.80. The third-order valence-corrected chi connectivity index (χ3v) is 3.75. The Balaban J connectivity index is 2.26. The van der Waals surface area contributed by atoms with E-state index in [9.17, 15) is 10.1 Å². The Hall–Kier alpha value is -1.85. The third-order valence-electron chi connectivity index (χ3n) is 3.75. The van der Waals surface area contributed by atoms with Gasteiger partial charge in [-0.3, -0.25) is 10.1 Å². The van der Waals surface area contributed by atoms with E-state index in [1.54, 1.807) is 13.1 Å². The van der Waals surface area contributed by atoms with Crippen molar-refractivity contribution in [3.8, 4) is 0 Å². The second-order valence-corrected chi connectivity index (χ2v) is 4.98. The van der Waals surface area contributed by atoms with Gasteiger partial charge in [0.05, 0.1) is 17.1 Å². The number of nitrogens with one attached hydrogen (secondary N) is 1. The normalized spacial score (nSPS) is 16.1. The van der Waals surface area contributed by atoms with Crippen LogP contribution in [0.25, 0.3) is 0 Å². The molecule has 0 amide bonds. The Morgan fingerprint density at radius 2 is 2.05 bits per heavy atom. The average molecular weight is 264 g/mol. The molecular weight excluding hydrogens is 244 g/mol. The van der Waals surface area contributed by atoms with Crippen LogP contribution in [-0.2, 0) is 0 Å². The lowest BCUT2D eigenvalue weighted by atomic mass is 9.94. The van der Waals surface area contributed by atoms with Gasteiger partial charge < -0.3 is 10.2 Å². The highest BCUT2D eigenvalue weighted by atomic mass is 16.6. The smallest absolute Gasteiger partial charge is 0.276 e. The predicted molar refractivity (Wildman–Crippen MR) is 75.7 cm³/mol. The molecule has 1 N–H and O–H groups in total. The highest BCUT2D eigenvalue weighted by Crippen LogP contribution is 2.28. The summed E-state index contributed by atoms with van der Waals surface area (Å²) in [6, 6.07) is 3.45. The standard InChI is InChI=1S/C13H20N4O2/c1-14-12-8-11(17(18)19)9-13(15-12)16(2)10-6-4-3-5-7-10/h8-10H,3-7H2,1-2H3,(H,14,15). The summed E-state index contributed by atoms with van der Waals surface area (Å²) < 4.78 is 0. The Labute approximate surface area is 113 Å². The molecule has 0 saturated heterocycles. The molecule has 1 fully saturated rings. The fourth-order valence-corrected chi connectivity index (χ4v) is 2.57. The first kappa shape index (κ1) is 13.6. The molecule has 1 aliphatic rings. The van der Waals surface area contributed by atoms with E-state index in [2.05, 4.69) is 15.2 Å². The maximum absolute atomic E-state index is 11.0. The van der Waals surface area contributed by atoms with Crippen LogP contribution in [0.5, 0.6) is 0 Å². The number of anilines is 2. The van der Waals surface area contributed by atoms with E-state index in [0.29, 0.717) is 17.7 Å². The van der Waals surface area contributed by atoms with Gasteiger partial charge in [0.2, 0.25) is 0 Å². The summed E-state index contributed by atoms with van der Waals surface area (Å²) >= 11 is 0. The van der Waals surface area contributed by atoms with Crippen molar-refractivity contribution < 1.29 is 4.92 Å². The van der Waals surface area contributed by atoms with E-state index < -0.39 is 0 Å². The summed E-state index contributed by atoms with van der Waals surface area (Å²) in [5.41, 5.74) is 0.0806. The van der Waals surface area contributed by atoms with Crippen molar-refractivity contribution in [3.63, 3.8) is 0 Å². The molecule has 19 heavy (non-hydrogen) atoms. The average Bonchev–Trinajstić information content (AvgIpc) is 2.46. The molecule has 0 aliphatic heterocycles. The van der Waals surface area contributed by atoms with Crippen molar-refractivity contribution in [2.75, 3.05) is 24.3 Å². The first-order chi connectivity index (χ1) is 9.11.